The second-order valence-corrected chi connectivity index (χ2v) is 9.52. The summed E-state index contributed by atoms with van der Waals surface area (Å²) in [6, 6.07) is 12.1. The van der Waals surface area contributed by atoms with Gasteiger partial charge in [0.05, 0.1) is 17.9 Å². The largest absolute Gasteiger partial charge is 0.389 e. The Bertz CT molecular complexity index is 956. The molecule has 2 heterocycles. The molecule has 1 aliphatic heterocycles. The third-order valence-electron chi connectivity index (χ3n) is 7.20. The highest BCUT2D eigenvalue weighted by molar-refractivity contribution is 5.83. The number of aliphatic hydroxyl groups is 1. The highest BCUT2D eigenvalue weighted by Gasteiger charge is 2.36. The summed E-state index contributed by atoms with van der Waals surface area (Å²) in [4.78, 5) is 34.5. The van der Waals surface area contributed by atoms with Gasteiger partial charge in [-0.3, -0.25) is 14.6 Å². The molecule has 2 aliphatic rings. The molecule has 2 fully saturated rings. The number of hydrogen-bond donors (Lipinski definition) is 1. The van der Waals surface area contributed by atoms with E-state index in [2.05, 4.69) is 17.1 Å². The Morgan fingerprint density at radius 3 is 2.64 bits per heavy atom. The van der Waals surface area contributed by atoms with Crippen molar-refractivity contribution in [3.05, 3.63) is 54.4 Å². The van der Waals surface area contributed by atoms with Crippen LogP contribution in [-0.4, -0.2) is 63.5 Å². The molecule has 0 unspecified atom stereocenters. The fourth-order valence-corrected chi connectivity index (χ4v) is 5.28. The molecular formula is C27H35N3O3. The molecule has 33 heavy (non-hydrogen) atoms. The summed E-state index contributed by atoms with van der Waals surface area (Å²) in [6.45, 7) is 4.08. The normalized spacial score (nSPS) is 21.0. The smallest absolute Gasteiger partial charge is 0.227 e. The number of likely N-dealkylation sites (N-methyl/N-ethyl adjacent to an activating group) is 1. The molecule has 0 spiro atoms. The summed E-state index contributed by atoms with van der Waals surface area (Å²) in [5.41, 5.74) is 2.28. The van der Waals surface area contributed by atoms with Crippen LogP contribution < -0.4 is 0 Å². The maximum Gasteiger partial charge on any atom is 0.227 e. The lowest BCUT2D eigenvalue weighted by Gasteiger charge is -2.34. The van der Waals surface area contributed by atoms with Crippen molar-refractivity contribution in [2.45, 2.75) is 57.5 Å². The highest BCUT2D eigenvalue weighted by Crippen LogP contribution is 2.32. The minimum absolute atomic E-state index is 0.0318. The maximum absolute atomic E-state index is 13.4. The minimum Gasteiger partial charge on any atom is -0.389 e. The van der Waals surface area contributed by atoms with Crippen LogP contribution in [-0.2, 0) is 16.0 Å². The lowest BCUT2D eigenvalue weighted by molar-refractivity contribution is -0.138. The van der Waals surface area contributed by atoms with Gasteiger partial charge < -0.3 is 14.9 Å². The van der Waals surface area contributed by atoms with E-state index in [1.807, 2.05) is 47.2 Å². The van der Waals surface area contributed by atoms with E-state index in [1.165, 1.54) is 0 Å². The van der Waals surface area contributed by atoms with Gasteiger partial charge in [-0.25, -0.2) is 0 Å². The molecule has 0 radical (unpaired) electrons. The summed E-state index contributed by atoms with van der Waals surface area (Å²) >= 11 is 0. The predicted molar refractivity (Wildman–Crippen MR) is 128 cm³/mol. The number of carbonyl (C=O) groups excluding carboxylic acids is 2. The number of hydrogen-bond acceptors (Lipinski definition) is 4. The van der Waals surface area contributed by atoms with Crippen molar-refractivity contribution in [1.82, 2.24) is 14.8 Å². The molecule has 1 saturated carbocycles. The number of carbonyl (C=O) groups is 2. The number of pyridine rings is 1. The molecule has 1 N–H and O–H groups in total. The predicted octanol–water partition coefficient (Wildman–Crippen LogP) is 3.68. The SMILES string of the molecule is CCN1CCN(C(=O)CC2(O)CCCCC2)C[C@H](Cc2ccccc2-c2cccnc2)C1=O. The number of amides is 2. The second kappa shape index (κ2) is 10.5. The molecule has 1 aromatic heterocycles. The highest BCUT2D eigenvalue weighted by atomic mass is 16.3. The quantitative estimate of drug-likeness (QED) is 0.730. The summed E-state index contributed by atoms with van der Waals surface area (Å²) in [6.07, 6.45) is 8.76. The average Bonchev–Trinajstić information content (AvgIpc) is 2.99. The van der Waals surface area contributed by atoms with Crippen molar-refractivity contribution in [3.63, 3.8) is 0 Å². The first-order valence-corrected chi connectivity index (χ1v) is 12.3. The number of aromatic nitrogens is 1. The van der Waals surface area contributed by atoms with E-state index in [4.69, 9.17) is 0 Å². The fourth-order valence-electron chi connectivity index (χ4n) is 5.28. The van der Waals surface area contributed by atoms with Gasteiger partial charge in [-0.05, 0) is 43.4 Å². The van der Waals surface area contributed by atoms with Gasteiger partial charge in [-0.1, -0.05) is 49.6 Å². The number of nitrogens with zero attached hydrogens (tertiary/aromatic N) is 3. The number of rotatable bonds is 6. The second-order valence-electron chi connectivity index (χ2n) is 9.52. The Labute approximate surface area is 196 Å². The van der Waals surface area contributed by atoms with Crippen molar-refractivity contribution in [2.24, 2.45) is 5.92 Å². The van der Waals surface area contributed by atoms with Gasteiger partial charge in [0.25, 0.3) is 0 Å². The van der Waals surface area contributed by atoms with Crippen molar-refractivity contribution < 1.29 is 14.7 Å². The van der Waals surface area contributed by atoms with Crippen LogP contribution in [0.15, 0.2) is 48.8 Å². The van der Waals surface area contributed by atoms with Crippen molar-refractivity contribution in [1.29, 1.82) is 0 Å². The van der Waals surface area contributed by atoms with E-state index in [1.54, 1.807) is 6.20 Å². The average molecular weight is 450 g/mol. The summed E-state index contributed by atoms with van der Waals surface area (Å²) in [5.74, 6) is -0.240. The standard InChI is InChI=1S/C27H35N3O3/c1-2-29-15-16-30(25(31)18-27(33)12-6-3-7-13-27)20-23(26(29)32)17-21-9-4-5-11-24(21)22-10-8-14-28-19-22/h4-5,8-11,14,19,23,33H,2-3,6-7,12-13,15-18,20H2,1H3/t23-/m0/s1. The van der Waals surface area contributed by atoms with Crippen molar-refractivity contribution in [3.8, 4) is 11.1 Å². The molecule has 6 nitrogen and oxygen atoms in total. The summed E-state index contributed by atoms with van der Waals surface area (Å²) < 4.78 is 0. The summed E-state index contributed by atoms with van der Waals surface area (Å²) in [5, 5.41) is 10.9. The zero-order valence-electron chi connectivity index (χ0n) is 19.6. The van der Waals surface area contributed by atoms with Crippen molar-refractivity contribution >= 4 is 11.8 Å². The van der Waals surface area contributed by atoms with Crippen LogP contribution in [0.2, 0.25) is 0 Å². The molecule has 4 rings (SSSR count). The molecule has 6 heteroatoms. The summed E-state index contributed by atoms with van der Waals surface area (Å²) in [7, 11) is 0. The fraction of sp³-hybridized carbons (Fsp3) is 0.519. The van der Waals surface area contributed by atoms with E-state index in [0.717, 1.165) is 36.0 Å². The third-order valence-corrected chi connectivity index (χ3v) is 7.20. The van der Waals surface area contributed by atoms with E-state index in [-0.39, 0.29) is 24.2 Å². The van der Waals surface area contributed by atoms with Crippen LogP contribution in [0.3, 0.4) is 0 Å². The van der Waals surface area contributed by atoms with E-state index in [0.29, 0.717) is 45.4 Å². The van der Waals surface area contributed by atoms with Crippen LogP contribution >= 0.6 is 0 Å². The molecular weight excluding hydrogens is 414 g/mol. The lowest BCUT2D eigenvalue weighted by atomic mass is 9.82. The molecule has 1 atom stereocenters. The van der Waals surface area contributed by atoms with Gasteiger partial charge in [-0.15, -0.1) is 0 Å². The first-order chi connectivity index (χ1) is 16.0. The Kier molecular flexibility index (Phi) is 7.43. The third kappa shape index (κ3) is 5.61. The zero-order chi connectivity index (χ0) is 23.3. The zero-order valence-corrected chi connectivity index (χ0v) is 19.6. The first kappa shape index (κ1) is 23.4. The van der Waals surface area contributed by atoms with Gasteiger partial charge in [0.15, 0.2) is 0 Å². The molecule has 2 aromatic rings. The molecule has 1 aromatic carbocycles. The molecule has 1 aliphatic carbocycles. The van der Waals surface area contributed by atoms with Crippen LogP contribution in [0, 0.1) is 5.92 Å². The Balaban J connectivity index is 1.55. The van der Waals surface area contributed by atoms with E-state index < -0.39 is 5.60 Å². The van der Waals surface area contributed by atoms with E-state index in [9.17, 15) is 14.7 Å². The van der Waals surface area contributed by atoms with Crippen LogP contribution in [0.25, 0.3) is 11.1 Å². The van der Waals surface area contributed by atoms with Crippen LogP contribution in [0.5, 0.6) is 0 Å². The maximum atomic E-state index is 13.4. The Hall–Kier alpha value is -2.73. The molecule has 0 bridgehead atoms. The molecule has 2 amide bonds. The van der Waals surface area contributed by atoms with E-state index >= 15 is 0 Å². The van der Waals surface area contributed by atoms with Gasteiger partial charge in [0.2, 0.25) is 11.8 Å². The lowest BCUT2D eigenvalue weighted by Crippen LogP contribution is -2.43. The van der Waals surface area contributed by atoms with Crippen molar-refractivity contribution in [2.75, 3.05) is 26.2 Å². The van der Waals surface area contributed by atoms with Gasteiger partial charge >= 0.3 is 0 Å². The molecule has 1 saturated heterocycles. The Morgan fingerprint density at radius 1 is 1.12 bits per heavy atom. The number of benzene rings is 1. The topological polar surface area (TPSA) is 73.7 Å². The first-order valence-electron chi connectivity index (χ1n) is 12.3. The monoisotopic (exact) mass is 449 g/mol. The van der Waals surface area contributed by atoms with Crippen LogP contribution in [0.1, 0.15) is 51.0 Å². The molecule has 176 valence electrons. The van der Waals surface area contributed by atoms with Gasteiger partial charge in [0, 0.05) is 44.1 Å². The Morgan fingerprint density at radius 2 is 1.91 bits per heavy atom. The van der Waals surface area contributed by atoms with Gasteiger partial charge in [-0.2, -0.15) is 0 Å². The minimum atomic E-state index is -0.890. The van der Waals surface area contributed by atoms with Crippen LogP contribution in [0.4, 0.5) is 0 Å². The van der Waals surface area contributed by atoms with Gasteiger partial charge in [0.1, 0.15) is 0 Å².